The fourth-order valence-corrected chi connectivity index (χ4v) is 5.98. The minimum absolute atomic E-state index is 0.0324. The summed E-state index contributed by atoms with van der Waals surface area (Å²) in [7, 11) is 0. The summed E-state index contributed by atoms with van der Waals surface area (Å²) in [5.41, 5.74) is 8.47. The van der Waals surface area contributed by atoms with E-state index in [4.69, 9.17) is 22.6 Å². The number of anilines is 1. The summed E-state index contributed by atoms with van der Waals surface area (Å²) in [6, 6.07) is 11.5. The lowest BCUT2D eigenvalue weighted by atomic mass is 9.68. The normalized spacial score (nSPS) is 20.1. The molecule has 1 aliphatic heterocycles. The average molecular weight is 483 g/mol. The molecule has 162 valence electrons. The number of Topliss-reactive ketones (excluding diaryl/α,β-unsaturated/α-hetero) is 1. The van der Waals surface area contributed by atoms with Crippen molar-refractivity contribution < 1.29 is 4.79 Å². The predicted octanol–water partition coefficient (Wildman–Crippen LogP) is 4.75. The number of nitrogens with zero attached hydrogens (tertiary/aromatic N) is 5. The smallest absolute Gasteiger partial charge is 0.219 e. The largest absolute Gasteiger partial charge is 0.384 e. The number of hydrogen-bond acceptors (Lipinski definition) is 9. The minimum atomic E-state index is -0.635. The Hall–Kier alpha value is -2.85. The molecule has 1 atom stereocenters. The summed E-state index contributed by atoms with van der Waals surface area (Å²) >= 11 is 9.05. The number of allylic oxidation sites excluding steroid dienone is 3. The zero-order valence-electron chi connectivity index (χ0n) is 17.4. The molecule has 0 amide bonds. The Morgan fingerprint density at radius 2 is 2.06 bits per heavy atom. The lowest BCUT2D eigenvalue weighted by molar-refractivity contribution is -0.118. The van der Waals surface area contributed by atoms with E-state index < -0.39 is 5.92 Å². The topological polar surface area (TPSA) is 120 Å². The maximum absolute atomic E-state index is 13.5. The molecule has 0 saturated heterocycles. The van der Waals surface area contributed by atoms with E-state index in [1.807, 2.05) is 32.0 Å². The number of nitrogens with two attached hydrogens (primary N) is 1. The second kappa shape index (κ2) is 8.59. The molecule has 1 aliphatic carbocycles. The standard InChI is InChI=1S/C22H19ClN6OS2/c1-22(2)9-15-18(16(30)10-22)17(12-5-3-4-6-14(12)23)13(11-25)19(26)29(15)20-27-28-21(32-20)31-8-7-24/h3-6,17H,8-10,26H2,1-2H3. The summed E-state index contributed by atoms with van der Waals surface area (Å²) in [4.78, 5) is 15.1. The molecule has 0 saturated carbocycles. The van der Waals surface area contributed by atoms with Crippen LogP contribution in [0, 0.1) is 28.1 Å². The predicted molar refractivity (Wildman–Crippen MR) is 125 cm³/mol. The molecule has 10 heteroatoms. The Labute approximate surface area is 199 Å². The van der Waals surface area contributed by atoms with Crippen LogP contribution in [-0.4, -0.2) is 21.7 Å². The number of carbonyl (C=O) groups excluding carboxylic acids is 1. The van der Waals surface area contributed by atoms with Crippen LogP contribution in [0.25, 0.3) is 0 Å². The summed E-state index contributed by atoms with van der Waals surface area (Å²) < 4.78 is 0.615. The van der Waals surface area contributed by atoms with Crippen molar-refractivity contribution in [1.29, 1.82) is 10.5 Å². The van der Waals surface area contributed by atoms with Gasteiger partial charge in [-0.05, 0) is 23.5 Å². The first kappa shape index (κ1) is 22.3. The van der Waals surface area contributed by atoms with Gasteiger partial charge in [-0.3, -0.25) is 9.69 Å². The number of benzene rings is 1. The Kier molecular flexibility index (Phi) is 6.00. The Morgan fingerprint density at radius 3 is 2.75 bits per heavy atom. The first-order valence-electron chi connectivity index (χ1n) is 9.81. The third-order valence-electron chi connectivity index (χ3n) is 5.44. The number of rotatable bonds is 4. The fraction of sp³-hybridized carbons (Fsp3) is 0.318. The van der Waals surface area contributed by atoms with Crippen molar-refractivity contribution in [3.63, 3.8) is 0 Å². The van der Waals surface area contributed by atoms with Crippen LogP contribution in [0.5, 0.6) is 0 Å². The van der Waals surface area contributed by atoms with Gasteiger partial charge in [-0.2, -0.15) is 10.5 Å². The molecule has 0 bridgehead atoms. The minimum Gasteiger partial charge on any atom is -0.384 e. The van der Waals surface area contributed by atoms with Gasteiger partial charge in [0.2, 0.25) is 5.13 Å². The molecule has 2 aromatic rings. The highest BCUT2D eigenvalue weighted by Crippen LogP contribution is 2.51. The molecule has 2 heterocycles. The molecule has 32 heavy (non-hydrogen) atoms. The molecule has 4 rings (SSSR count). The van der Waals surface area contributed by atoms with E-state index in [9.17, 15) is 10.1 Å². The molecule has 1 unspecified atom stereocenters. The SMILES string of the molecule is CC1(C)CC(=O)C2=C(C1)N(c1nnc(SCC#N)s1)C(N)=C(C#N)C2c1ccccc1Cl. The first-order valence-corrected chi connectivity index (χ1v) is 12.0. The van der Waals surface area contributed by atoms with Gasteiger partial charge in [-0.25, -0.2) is 0 Å². The number of halogens is 1. The van der Waals surface area contributed by atoms with Gasteiger partial charge in [0.15, 0.2) is 10.1 Å². The Balaban J connectivity index is 1.94. The summed E-state index contributed by atoms with van der Waals surface area (Å²) in [5, 5.41) is 28.3. The Bertz CT molecular complexity index is 1250. The van der Waals surface area contributed by atoms with E-state index in [1.54, 1.807) is 11.0 Å². The zero-order chi connectivity index (χ0) is 23.0. The van der Waals surface area contributed by atoms with Crippen molar-refractivity contribution in [2.45, 2.75) is 36.9 Å². The number of hydrogen-bond donors (Lipinski definition) is 1. The number of nitriles is 2. The lowest BCUT2D eigenvalue weighted by Gasteiger charge is -2.42. The third-order valence-corrected chi connectivity index (χ3v) is 7.70. The molecule has 0 spiro atoms. The van der Waals surface area contributed by atoms with Crippen molar-refractivity contribution in [1.82, 2.24) is 10.2 Å². The highest BCUT2D eigenvalue weighted by Gasteiger charge is 2.45. The highest BCUT2D eigenvalue weighted by atomic mass is 35.5. The van der Waals surface area contributed by atoms with Crippen LogP contribution in [0.4, 0.5) is 5.13 Å². The molecule has 2 aliphatic rings. The number of aromatic nitrogens is 2. The highest BCUT2D eigenvalue weighted by molar-refractivity contribution is 8.01. The van der Waals surface area contributed by atoms with Gasteiger partial charge in [-0.1, -0.05) is 66.7 Å². The number of thioether (sulfide) groups is 1. The van der Waals surface area contributed by atoms with Crippen molar-refractivity contribution in [2.24, 2.45) is 11.1 Å². The maximum Gasteiger partial charge on any atom is 0.219 e. The average Bonchev–Trinajstić information content (AvgIpc) is 3.19. The molecule has 2 N–H and O–H groups in total. The molecular formula is C22H19ClN6OS2. The fourth-order valence-electron chi connectivity index (χ4n) is 4.19. The van der Waals surface area contributed by atoms with Gasteiger partial charge < -0.3 is 5.73 Å². The second-order valence-corrected chi connectivity index (χ2v) is 10.9. The maximum atomic E-state index is 13.5. The molecule has 1 aromatic carbocycles. The van der Waals surface area contributed by atoms with E-state index in [0.29, 0.717) is 38.5 Å². The van der Waals surface area contributed by atoms with Crippen molar-refractivity contribution in [2.75, 3.05) is 10.7 Å². The molecule has 7 nitrogen and oxygen atoms in total. The van der Waals surface area contributed by atoms with Crippen LogP contribution in [0.2, 0.25) is 5.02 Å². The van der Waals surface area contributed by atoms with Crippen LogP contribution in [-0.2, 0) is 4.79 Å². The van der Waals surface area contributed by atoms with E-state index in [1.165, 1.54) is 23.1 Å². The van der Waals surface area contributed by atoms with E-state index in [-0.39, 0.29) is 28.3 Å². The van der Waals surface area contributed by atoms with Crippen LogP contribution in [0.15, 0.2) is 51.3 Å². The Morgan fingerprint density at radius 1 is 1.31 bits per heavy atom. The molecule has 0 fully saturated rings. The van der Waals surface area contributed by atoms with Gasteiger partial charge in [0.1, 0.15) is 5.82 Å². The molecule has 1 aromatic heterocycles. The second-order valence-electron chi connectivity index (χ2n) is 8.30. The van der Waals surface area contributed by atoms with Crippen molar-refractivity contribution in [3.05, 3.63) is 57.5 Å². The van der Waals surface area contributed by atoms with Gasteiger partial charge in [0, 0.05) is 22.7 Å². The summed E-state index contributed by atoms with van der Waals surface area (Å²) in [6.45, 7) is 4.07. The first-order chi connectivity index (χ1) is 15.3. The van der Waals surface area contributed by atoms with E-state index in [0.717, 1.165) is 5.70 Å². The van der Waals surface area contributed by atoms with Gasteiger partial charge in [0.05, 0.1) is 29.4 Å². The summed E-state index contributed by atoms with van der Waals surface area (Å²) in [5.74, 6) is -0.203. The quantitative estimate of drug-likeness (QED) is 0.620. The van der Waals surface area contributed by atoms with Crippen molar-refractivity contribution >= 4 is 45.6 Å². The monoisotopic (exact) mass is 482 g/mol. The van der Waals surface area contributed by atoms with Crippen LogP contribution in [0.3, 0.4) is 0 Å². The van der Waals surface area contributed by atoms with Crippen LogP contribution >= 0.6 is 34.7 Å². The van der Waals surface area contributed by atoms with Gasteiger partial charge in [0.25, 0.3) is 0 Å². The van der Waals surface area contributed by atoms with Crippen LogP contribution < -0.4 is 10.6 Å². The van der Waals surface area contributed by atoms with Gasteiger partial charge >= 0.3 is 0 Å². The number of carbonyl (C=O) groups is 1. The van der Waals surface area contributed by atoms with Crippen LogP contribution in [0.1, 0.15) is 38.2 Å². The third kappa shape index (κ3) is 3.88. The molecule has 0 radical (unpaired) electrons. The zero-order valence-corrected chi connectivity index (χ0v) is 19.8. The van der Waals surface area contributed by atoms with E-state index in [2.05, 4.69) is 22.3 Å². The van der Waals surface area contributed by atoms with Gasteiger partial charge in [-0.15, -0.1) is 10.2 Å². The number of ketones is 1. The molecular weight excluding hydrogens is 464 g/mol. The lowest BCUT2D eigenvalue weighted by Crippen LogP contribution is -2.42. The van der Waals surface area contributed by atoms with Crippen molar-refractivity contribution in [3.8, 4) is 12.1 Å². The van der Waals surface area contributed by atoms with E-state index >= 15 is 0 Å². The summed E-state index contributed by atoms with van der Waals surface area (Å²) in [6.07, 6.45) is 0.938.